The lowest BCUT2D eigenvalue weighted by molar-refractivity contribution is 0.146. The fraction of sp³-hybridized carbons (Fsp3) is 0.800. The maximum atomic E-state index is 5.25. The molecular weight excluding hydrogens is 238 g/mol. The van der Waals surface area contributed by atoms with Gasteiger partial charge in [0.15, 0.2) is 0 Å². The number of nitrogens with one attached hydrogen (secondary N) is 1. The first kappa shape index (κ1) is 14.5. The summed E-state index contributed by atoms with van der Waals surface area (Å²) in [5.41, 5.74) is 1.13. The lowest BCUT2D eigenvalue weighted by atomic mass is 10.1. The molecule has 1 unspecified atom stereocenters. The average molecular weight is 265 g/mol. The molecule has 1 aliphatic carbocycles. The van der Waals surface area contributed by atoms with E-state index >= 15 is 0 Å². The molecule has 0 spiro atoms. The SMILES string of the molecule is COCC(NCc1ccn(C2CCCC2)n1)C(C)C. The van der Waals surface area contributed by atoms with Gasteiger partial charge in [-0.3, -0.25) is 4.68 Å². The molecule has 1 saturated carbocycles. The van der Waals surface area contributed by atoms with Gasteiger partial charge < -0.3 is 10.1 Å². The Kier molecular flexibility index (Phi) is 5.40. The molecule has 0 bridgehead atoms. The molecule has 4 nitrogen and oxygen atoms in total. The normalized spacial score (nSPS) is 18.3. The lowest BCUT2D eigenvalue weighted by Gasteiger charge is -2.21. The predicted octanol–water partition coefficient (Wildman–Crippen LogP) is 2.76. The molecule has 1 aromatic heterocycles. The average Bonchev–Trinajstić information content (AvgIpc) is 3.04. The zero-order valence-corrected chi connectivity index (χ0v) is 12.4. The van der Waals surface area contributed by atoms with Crippen molar-refractivity contribution in [2.24, 2.45) is 5.92 Å². The van der Waals surface area contributed by atoms with E-state index in [9.17, 15) is 0 Å². The molecule has 0 aromatic carbocycles. The Morgan fingerprint density at radius 2 is 2.16 bits per heavy atom. The molecule has 0 radical (unpaired) electrons. The van der Waals surface area contributed by atoms with Gasteiger partial charge in [-0.15, -0.1) is 0 Å². The van der Waals surface area contributed by atoms with E-state index in [-0.39, 0.29) is 0 Å². The summed E-state index contributed by atoms with van der Waals surface area (Å²) in [6, 6.07) is 3.16. The third kappa shape index (κ3) is 4.05. The minimum atomic E-state index is 0.390. The predicted molar refractivity (Wildman–Crippen MR) is 77.1 cm³/mol. The molecule has 1 atom stereocenters. The Labute approximate surface area is 116 Å². The van der Waals surface area contributed by atoms with E-state index in [1.165, 1.54) is 25.7 Å². The molecule has 4 heteroatoms. The van der Waals surface area contributed by atoms with Gasteiger partial charge in [-0.25, -0.2) is 0 Å². The van der Waals surface area contributed by atoms with Crippen molar-refractivity contribution in [3.8, 4) is 0 Å². The van der Waals surface area contributed by atoms with Gasteiger partial charge in [0.05, 0.1) is 18.3 Å². The molecule has 1 aromatic rings. The number of hydrogen-bond donors (Lipinski definition) is 1. The quantitative estimate of drug-likeness (QED) is 0.824. The molecule has 0 aliphatic heterocycles. The Morgan fingerprint density at radius 1 is 1.42 bits per heavy atom. The molecule has 1 fully saturated rings. The second-order valence-electron chi connectivity index (χ2n) is 5.91. The van der Waals surface area contributed by atoms with Gasteiger partial charge in [0, 0.05) is 25.9 Å². The molecule has 1 N–H and O–H groups in total. The van der Waals surface area contributed by atoms with Crippen LogP contribution in [0, 0.1) is 5.92 Å². The maximum absolute atomic E-state index is 5.25. The summed E-state index contributed by atoms with van der Waals surface area (Å²) in [4.78, 5) is 0. The fourth-order valence-electron chi connectivity index (χ4n) is 2.75. The van der Waals surface area contributed by atoms with Gasteiger partial charge in [-0.05, 0) is 24.8 Å². The second-order valence-corrected chi connectivity index (χ2v) is 5.91. The van der Waals surface area contributed by atoms with Crippen molar-refractivity contribution in [2.75, 3.05) is 13.7 Å². The molecule has 1 aliphatic rings. The van der Waals surface area contributed by atoms with Gasteiger partial charge in [0.1, 0.15) is 0 Å². The highest BCUT2D eigenvalue weighted by Crippen LogP contribution is 2.28. The number of ether oxygens (including phenoxy) is 1. The number of nitrogens with zero attached hydrogens (tertiary/aromatic N) is 2. The van der Waals surface area contributed by atoms with Crippen LogP contribution in [0.1, 0.15) is 51.3 Å². The molecule has 0 saturated heterocycles. The van der Waals surface area contributed by atoms with Crippen LogP contribution in [0.4, 0.5) is 0 Å². The molecule has 108 valence electrons. The highest BCUT2D eigenvalue weighted by atomic mass is 16.5. The minimum Gasteiger partial charge on any atom is -0.383 e. The zero-order valence-electron chi connectivity index (χ0n) is 12.4. The highest BCUT2D eigenvalue weighted by molar-refractivity contribution is 5.00. The summed E-state index contributed by atoms with van der Waals surface area (Å²) >= 11 is 0. The second kappa shape index (κ2) is 7.06. The van der Waals surface area contributed by atoms with Crippen molar-refractivity contribution in [3.05, 3.63) is 18.0 Å². The summed E-state index contributed by atoms with van der Waals surface area (Å²) in [6.07, 6.45) is 7.40. The van der Waals surface area contributed by atoms with Crippen molar-refractivity contribution in [1.82, 2.24) is 15.1 Å². The first-order valence-electron chi connectivity index (χ1n) is 7.47. The van der Waals surface area contributed by atoms with Gasteiger partial charge >= 0.3 is 0 Å². The smallest absolute Gasteiger partial charge is 0.0762 e. The molecule has 19 heavy (non-hydrogen) atoms. The topological polar surface area (TPSA) is 39.1 Å². The Balaban J connectivity index is 1.85. The van der Waals surface area contributed by atoms with Crippen molar-refractivity contribution >= 4 is 0 Å². The number of hydrogen-bond acceptors (Lipinski definition) is 3. The van der Waals surface area contributed by atoms with Crippen LogP contribution >= 0.6 is 0 Å². The molecule has 0 amide bonds. The maximum Gasteiger partial charge on any atom is 0.0762 e. The minimum absolute atomic E-state index is 0.390. The van der Waals surface area contributed by atoms with Crippen molar-refractivity contribution in [2.45, 2.75) is 58.2 Å². The van der Waals surface area contributed by atoms with E-state index in [0.717, 1.165) is 18.8 Å². The summed E-state index contributed by atoms with van der Waals surface area (Å²) < 4.78 is 7.41. The van der Waals surface area contributed by atoms with Crippen molar-refractivity contribution in [3.63, 3.8) is 0 Å². The first-order valence-corrected chi connectivity index (χ1v) is 7.47. The van der Waals surface area contributed by atoms with Gasteiger partial charge in [-0.1, -0.05) is 26.7 Å². The van der Waals surface area contributed by atoms with Gasteiger partial charge in [0.25, 0.3) is 0 Å². The summed E-state index contributed by atoms with van der Waals surface area (Å²) in [6.45, 7) is 6.01. The highest BCUT2D eigenvalue weighted by Gasteiger charge is 2.18. The molecular formula is C15H27N3O. The summed E-state index contributed by atoms with van der Waals surface area (Å²) in [5.74, 6) is 0.567. The van der Waals surface area contributed by atoms with E-state index in [0.29, 0.717) is 18.0 Å². The monoisotopic (exact) mass is 265 g/mol. The van der Waals surface area contributed by atoms with Crippen LogP contribution in [-0.4, -0.2) is 29.5 Å². The summed E-state index contributed by atoms with van der Waals surface area (Å²) in [5, 5.41) is 8.24. The van der Waals surface area contributed by atoms with E-state index in [4.69, 9.17) is 9.84 Å². The van der Waals surface area contributed by atoms with Crippen LogP contribution < -0.4 is 5.32 Å². The third-order valence-electron chi connectivity index (χ3n) is 4.06. The molecule has 2 rings (SSSR count). The zero-order chi connectivity index (χ0) is 13.7. The Morgan fingerprint density at radius 3 is 2.79 bits per heavy atom. The van der Waals surface area contributed by atoms with Gasteiger partial charge in [0.2, 0.25) is 0 Å². The standard InChI is InChI=1S/C15H27N3O/c1-12(2)15(11-19-3)16-10-13-8-9-18(17-13)14-6-4-5-7-14/h8-9,12,14-16H,4-7,10-11H2,1-3H3. The summed E-state index contributed by atoms with van der Waals surface area (Å²) in [7, 11) is 1.76. The van der Waals surface area contributed by atoms with E-state index in [1.54, 1.807) is 7.11 Å². The number of aromatic nitrogens is 2. The number of methoxy groups -OCH3 is 1. The van der Waals surface area contributed by atoms with Crippen LogP contribution in [0.15, 0.2) is 12.3 Å². The van der Waals surface area contributed by atoms with E-state index < -0.39 is 0 Å². The third-order valence-corrected chi connectivity index (χ3v) is 4.06. The Bertz CT molecular complexity index is 369. The Hall–Kier alpha value is -0.870. The van der Waals surface area contributed by atoms with Crippen LogP contribution in [-0.2, 0) is 11.3 Å². The lowest BCUT2D eigenvalue weighted by Crippen LogP contribution is -2.37. The van der Waals surface area contributed by atoms with E-state index in [2.05, 4.69) is 36.1 Å². The van der Waals surface area contributed by atoms with Crippen LogP contribution in [0.25, 0.3) is 0 Å². The fourth-order valence-corrected chi connectivity index (χ4v) is 2.75. The van der Waals surface area contributed by atoms with Crippen LogP contribution in [0.3, 0.4) is 0 Å². The molecule has 1 heterocycles. The van der Waals surface area contributed by atoms with Crippen LogP contribution in [0.2, 0.25) is 0 Å². The first-order chi connectivity index (χ1) is 9.20. The van der Waals surface area contributed by atoms with Crippen molar-refractivity contribution in [1.29, 1.82) is 0 Å². The van der Waals surface area contributed by atoms with E-state index in [1.807, 2.05) is 0 Å². The largest absolute Gasteiger partial charge is 0.383 e. The number of rotatable bonds is 7. The van der Waals surface area contributed by atoms with Gasteiger partial charge in [-0.2, -0.15) is 5.10 Å². The van der Waals surface area contributed by atoms with Crippen molar-refractivity contribution < 1.29 is 4.74 Å². The van der Waals surface area contributed by atoms with Crippen LogP contribution in [0.5, 0.6) is 0 Å².